The van der Waals surface area contributed by atoms with Gasteiger partial charge in [0.2, 0.25) is 23.0 Å². The first-order chi connectivity index (χ1) is 34.4. The summed E-state index contributed by atoms with van der Waals surface area (Å²) in [7, 11) is 16.6. The number of phenols is 4. The summed E-state index contributed by atoms with van der Waals surface area (Å²) in [6.07, 6.45) is 1.75. The molecule has 396 valence electrons. The molecule has 0 radical (unpaired) electrons. The molecule has 0 bridgehead atoms. The summed E-state index contributed by atoms with van der Waals surface area (Å²) in [4.78, 5) is 49.8. The van der Waals surface area contributed by atoms with Crippen LogP contribution in [0.15, 0.2) is 48.5 Å². The Balaban J connectivity index is 0.000000380. The third-order valence-electron chi connectivity index (χ3n) is 12.0. The minimum Gasteiger partial charge on any atom is -0.504 e. The second-order valence-corrected chi connectivity index (χ2v) is 16.2. The van der Waals surface area contributed by atoms with Crippen LogP contribution in [0.4, 0.5) is 0 Å². The molecular formula is C52H68O20. The van der Waals surface area contributed by atoms with Crippen molar-refractivity contribution >= 4 is 23.9 Å². The number of aromatic hydroxyl groups is 4. The van der Waals surface area contributed by atoms with Crippen LogP contribution in [0.2, 0.25) is 0 Å². The largest absolute Gasteiger partial charge is 0.504 e. The highest BCUT2D eigenvalue weighted by Gasteiger charge is 2.33. The van der Waals surface area contributed by atoms with Crippen molar-refractivity contribution in [1.29, 1.82) is 0 Å². The molecule has 0 aliphatic carbocycles. The van der Waals surface area contributed by atoms with E-state index in [0.29, 0.717) is 70.9 Å². The molecule has 20 heteroatoms. The van der Waals surface area contributed by atoms with Gasteiger partial charge in [0.1, 0.15) is 0 Å². The van der Waals surface area contributed by atoms with Gasteiger partial charge in [-0.1, -0.05) is 0 Å². The maximum Gasteiger partial charge on any atom is 0.309 e. The van der Waals surface area contributed by atoms with Gasteiger partial charge in [0.25, 0.3) is 0 Å². The lowest BCUT2D eigenvalue weighted by Gasteiger charge is -2.26. The van der Waals surface area contributed by atoms with Crippen molar-refractivity contribution in [2.45, 2.75) is 51.4 Å². The van der Waals surface area contributed by atoms with Crippen LogP contribution in [0.5, 0.6) is 69.0 Å². The second-order valence-electron chi connectivity index (χ2n) is 16.2. The SMILES string of the molecule is COC(=O)CC[C@@H](Cc1cc(O)c(OC)c(OC)c1)[C@H](Cc1cc(O)c(OC)c(OC)c1)C(=O)OC.COC(=O)CC[C@H](Cc1cc(O)c(OC)c(OC)c1)[C@@H](Cc1cc(O)c(OC)c(OC)c1)C(=O)OC. The molecule has 4 aromatic carbocycles. The zero-order chi connectivity index (χ0) is 53.7. The zero-order valence-electron chi connectivity index (χ0n) is 42.9. The van der Waals surface area contributed by atoms with Crippen LogP contribution in [0.25, 0.3) is 0 Å². The number of hydrogen-bond donors (Lipinski definition) is 4. The highest BCUT2D eigenvalue weighted by Crippen LogP contribution is 2.43. The van der Waals surface area contributed by atoms with Crippen molar-refractivity contribution in [2.24, 2.45) is 23.7 Å². The van der Waals surface area contributed by atoms with Crippen LogP contribution < -0.4 is 37.9 Å². The summed E-state index contributed by atoms with van der Waals surface area (Å²) >= 11 is 0. The maximum atomic E-state index is 13.0. The molecule has 0 aliphatic rings. The topological polar surface area (TPSA) is 260 Å². The van der Waals surface area contributed by atoms with Gasteiger partial charge in [-0.05, 0) is 121 Å². The van der Waals surface area contributed by atoms with Crippen molar-refractivity contribution in [1.82, 2.24) is 0 Å². The average Bonchev–Trinajstić information content (AvgIpc) is 3.38. The Morgan fingerprint density at radius 2 is 0.611 bits per heavy atom. The minimum atomic E-state index is -0.701. The molecule has 20 nitrogen and oxygen atoms in total. The fourth-order valence-corrected chi connectivity index (χ4v) is 8.47. The zero-order valence-corrected chi connectivity index (χ0v) is 42.9. The Morgan fingerprint density at radius 1 is 0.361 bits per heavy atom. The minimum absolute atomic E-state index is 0.0745. The van der Waals surface area contributed by atoms with E-state index in [1.165, 1.54) is 110 Å². The van der Waals surface area contributed by atoms with Crippen molar-refractivity contribution < 1.29 is 96.4 Å². The fraction of sp³-hybridized carbons (Fsp3) is 0.462. The van der Waals surface area contributed by atoms with Gasteiger partial charge in [-0.3, -0.25) is 19.2 Å². The number of benzene rings is 4. The molecule has 4 N–H and O–H groups in total. The average molecular weight is 1010 g/mol. The molecule has 4 rings (SSSR count). The Kier molecular flexibility index (Phi) is 23.5. The molecule has 4 atom stereocenters. The number of carbonyl (C=O) groups is 4. The summed E-state index contributed by atoms with van der Waals surface area (Å²) in [5.74, 6) is -2.45. The van der Waals surface area contributed by atoms with Gasteiger partial charge < -0.3 is 77.3 Å². The maximum absolute atomic E-state index is 13.0. The number of hydrogen-bond acceptors (Lipinski definition) is 20. The summed E-state index contributed by atoms with van der Waals surface area (Å²) in [5, 5.41) is 41.6. The number of phenolic OH excluding ortho intramolecular Hbond substituents is 4. The van der Waals surface area contributed by atoms with Crippen LogP contribution in [0.1, 0.15) is 47.9 Å². The van der Waals surface area contributed by atoms with E-state index in [1.54, 1.807) is 24.3 Å². The van der Waals surface area contributed by atoms with Crippen molar-refractivity contribution in [2.75, 3.05) is 85.3 Å². The van der Waals surface area contributed by atoms with Gasteiger partial charge in [-0.2, -0.15) is 0 Å². The summed E-state index contributed by atoms with van der Waals surface area (Å²) in [5.41, 5.74) is 2.56. The van der Waals surface area contributed by atoms with Gasteiger partial charge in [-0.25, -0.2) is 0 Å². The quantitative estimate of drug-likeness (QED) is 0.0384. The highest BCUT2D eigenvalue weighted by atomic mass is 16.5. The number of carbonyl (C=O) groups excluding carboxylic acids is 4. The third-order valence-corrected chi connectivity index (χ3v) is 12.0. The predicted octanol–water partition coefficient (Wildman–Crippen LogP) is 6.55. The van der Waals surface area contributed by atoms with E-state index < -0.39 is 47.5 Å². The molecule has 0 saturated heterocycles. The van der Waals surface area contributed by atoms with Gasteiger partial charge in [0.05, 0.1) is 97.2 Å². The summed E-state index contributed by atoms with van der Waals surface area (Å²) in [6, 6.07) is 12.8. The lowest BCUT2D eigenvalue weighted by Crippen LogP contribution is -2.29. The summed E-state index contributed by atoms with van der Waals surface area (Å²) < 4.78 is 61.9. The first kappa shape index (κ1) is 58.7. The Hall–Kier alpha value is -7.64. The van der Waals surface area contributed by atoms with Gasteiger partial charge in [-0.15, -0.1) is 0 Å². The Labute approximate surface area is 419 Å². The smallest absolute Gasteiger partial charge is 0.309 e. The number of esters is 4. The molecule has 0 heterocycles. The predicted molar refractivity (Wildman–Crippen MR) is 260 cm³/mol. The third kappa shape index (κ3) is 15.7. The van der Waals surface area contributed by atoms with Crippen molar-refractivity contribution in [3.63, 3.8) is 0 Å². The van der Waals surface area contributed by atoms with E-state index in [1.807, 2.05) is 0 Å². The van der Waals surface area contributed by atoms with E-state index in [-0.39, 0.29) is 71.7 Å². The van der Waals surface area contributed by atoms with Gasteiger partial charge >= 0.3 is 23.9 Å². The lowest BCUT2D eigenvalue weighted by molar-refractivity contribution is -0.149. The number of methoxy groups -OCH3 is 12. The van der Waals surface area contributed by atoms with Crippen molar-refractivity contribution in [3.8, 4) is 69.0 Å². The molecule has 0 saturated carbocycles. The monoisotopic (exact) mass is 1010 g/mol. The number of rotatable bonds is 26. The Bertz CT molecular complexity index is 2270. The normalized spacial score (nSPS) is 12.3. The van der Waals surface area contributed by atoms with Crippen molar-refractivity contribution in [3.05, 3.63) is 70.8 Å². The van der Waals surface area contributed by atoms with Crippen LogP contribution in [0, 0.1) is 23.7 Å². The molecule has 0 aromatic heterocycles. The van der Waals surface area contributed by atoms with Crippen LogP contribution >= 0.6 is 0 Å². The van der Waals surface area contributed by atoms with Crippen LogP contribution in [0.3, 0.4) is 0 Å². The summed E-state index contributed by atoms with van der Waals surface area (Å²) in [6.45, 7) is 0. The standard InChI is InChI=1S/2C26H34O10/c2*1-31-21-13-15(11-19(27)24(21)34-4)9-17(7-8-23(29)33-3)18(26(30)36-6)10-16-12-20(28)25(35-5)22(14-16)32-2/h2*11-14,17-18,27-28H,7-10H2,1-6H3/t2*17-,18-/m10/s1. The van der Waals surface area contributed by atoms with Gasteiger partial charge in [0.15, 0.2) is 46.0 Å². The first-order valence-corrected chi connectivity index (χ1v) is 22.5. The van der Waals surface area contributed by atoms with Gasteiger partial charge in [0, 0.05) is 12.8 Å². The molecule has 0 fully saturated rings. The second kappa shape index (κ2) is 28.9. The molecular weight excluding hydrogens is 945 g/mol. The van der Waals surface area contributed by atoms with E-state index in [0.717, 1.165) is 0 Å². The Morgan fingerprint density at radius 3 is 0.819 bits per heavy atom. The number of ether oxygens (including phenoxy) is 12. The fourth-order valence-electron chi connectivity index (χ4n) is 8.47. The first-order valence-electron chi connectivity index (χ1n) is 22.5. The van der Waals surface area contributed by atoms with Crippen LogP contribution in [-0.2, 0) is 63.8 Å². The van der Waals surface area contributed by atoms with E-state index in [2.05, 4.69) is 0 Å². The molecule has 0 aliphatic heterocycles. The molecule has 0 unspecified atom stereocenters. The molecule has 4 aromatic rings. The molecule has 0 amide bonds. The van der Waals surface area contributed by atoms with Crippen LogP contribution in [-0.4, -0.2) is 130 Å². The van der Waals surface area contributed by atoms with E-state index in [9.17, 15) is 39.6 Å². The molecule has 72 heavy (non-hydrogen) atoms. The molecule has 0 spiro atoms. The van der Waals surface area contributed by atoms with E-state index in [4.69, 9.17) is 56.8 Å². The highest BCUT2D eigenvalue weighted by molar-refractivity contribution is 5.75. The lowest BCUT2D eigenvalue weighted by atomic mass is 9.80. The van der Waals surface area contributed by atoms with E-state index >= 15 is 0 Å².